The number of hydrogen-bond donors (Lipinski definition) is 2. The normalized spacial score (nSPS) is 21.1. The zero-order chi connectivity index (χ0) is 11.5. The monoisotopic (exact) mass is 286 g/mol. The predicted molar refractivity (Wildman–Crippen MR) is 66.9 cm³/mol. The van der Waals surface area contributed by atoms with Crippen LogP contribution in [0.15, 0.2) is 15.5 Å². The molecule has 0 aromatic carbocycles. The molecule has 2 rings (SSSR count). The fourth-order valence-corrected chi connectivity index (χ4v) is 2.44. The summed E-state index contributed by atoms with van der Waals surface area (Å²) in [5.74, 6) is 0. The van der Waals surface area contributed by atoms with Gasteiger partial charge >= 0.3 is 0 Å². The zero-order valence-corrected chi connectivity index (χ0v) is 10.7. The first-order valence-electron chi connectivity index (χ1n) is 5.44. The number of halogens is 1. The van der Waals surface area contributed by atoms with Crippen molar-refractivity contribution in [2.45, 2.75) is 19.4 Å². The molecule has 1 saturated heterocycles. The average molecular weight is 287 g/mol. The van der Waals surface area contributed by atoms with E-state index in [1.165, 1.54) is 0 Å². The number of hydrogen-bond acceptors (Lipinski definition) is 4. The van der Waals surface area contributed by atoms with Crippen molar-refractivity contribution in [1.29, 1.82) is 0 Å². The maximum atomic E-state index is 11.5. The second-order valence-electron chi connectivity index (χ2n) is 3.86. The molecule has 5 nitrogen and oxygen atoms in total. The molecule has 1 aromatic heterocycles. The van der Waals surface area contributed by atoms with Crippen LogP contribution in [0.4, 0.5) is 5.69 Å². The summed E-state index contributed by atoms with van der Waals surface area (Å²) < 4.78 is 0.572. The maximum absolute atomic E-state index is 11.5. The molecule has 1 aromatic rings. The summed E-state index contributed by atoms with van der Waals surface area (Å²) in [6, 6.07) is 0.425. The van der Waals surface area contributed by atoms with Crippen molar-refractivity contribution >= 4 is 21.6 Å². The summed E-state index contributed by atoms with van der Waals surface area (Å²) in [5.41, 5.74) is 0.711. The molecule has 6 heteroatoms. The molecule has 2 N–H and O–H groups in total. The fourth-order valence-electron chi connectivity index (χ4n) is 2.02. The van der Waals surface area contributed by atoms with E-state index in [-0.39, 0.29) is 5.56 Å². The third-order valence-corrected chi connectivity index (χ3v) is 3.67. The van der Waals surface area contributed by atoms with Crippen molar-refractivity contribution in [3.63, 3.8) is 0 Å². The van der Waals surface area contributed by atoms with Gasteiger partial charge in [-0.2, -0.15) is 5.10 Å². The first-order chi connectivity index (χ1) is 7.74. The van der Waals surface area contributed by atoms with Crippen LogP contribution in [0.2, 0.25) is 0 Å². The number of nitrogens with zero attached hydrogens (tertiary/aromatic N) is 2. The van der Waals surface area contributed by atoms with E-state index in [1.54, 1.807) is 6.20 Å². The van der Waals surface area contributed by atoms with Crippen LogP contribution in [-0.2, 0) is 0 Å². The van der Waals surface area contributed by atoms with Gasteiger partial charge in [-0.1, -0.05) is 6.92 Å². The third-order valence-electron chi connectivity index (χ3n) is 2.91. The quantitative estimate of drug-likeness (QED) is 0.841. The fraction of sp³-hybridized carbons (Fsp3) is 0.600. The highest BCUT2D eigenvalue weighted by molar-refractivity contribution is 9.10. The van der Waals surface area contributed by atoms with Gasteiger partial charge in [0.15, 0.2) is 0 Å². The molecule has 0 saturated carbocycles. The number of anilines is 1. The molecule has 1 aliphatic rings. The Labute approximate surface area is 102 Å². The van der Waals surface area contributed by atoms with Crippen LogP contribution < -0.4 is 15.8 Å². The van der Waals surface area contributed by atoms with Gasteiger partial charge in [-0.25, -0.2) is 5.10 Å². The molecule has 0 bridgehead atoms. The minimum absolute atomic E-state index is 0.175. The van der Waals surface area contributed by atoms with Crippen LogP contribution >= 0.6 is 15.9 Å². The molecular weight excluding hydrogens is 272 g/mol. The number of nitrogens with one attached hydrogen (secondary N) is 2. The SMILES string of the molecule is CC[C@@H]1CNCCN1c1cn[nH]c(=O)c1Br. The van der Waals surface area contributed by atoms with Crippen LogP contribution in [0.25, 0.3) is 0 Å². The number of aromatic amines is 1. The molecule has 2 heterocycles. The Bertz CT molecular complexity index is 420. The van der Waals surface area contributed by atoms with Gasteiger partial charge in [0.2, 0.25) is 0 Å². The summed E-state index contributed by atoms with van der Waals surface area (Å²) in [6.07, 6.45) is 2.76. The molecule has 1 atom stereocenters. The van der Waals surface area contributed by atoms with Crippen LogP contribution in [0.1, 0.15) is 13.3 Å². The van der Waals surface area contributed by atoms with E-state index in [0.29, 0.717) is 10.5 Å². The first kappa shape index (κ1) is 11.6. The molecule has 0 radical (unpaired) electrons. The van der Waals surface area contributed by atoms with Crippen molar-refractivity contribution < 1.29 is 0 Å². The Kier molecular flexibility index (Phi) is 3.60. The van der Waals surface area contributed by atoms with Gasteiger partial charge in [-0.15, -0.1) is 0 Å². The number of H-pyrrole nitrogens is 1. The molecule has 0 aliphatic carbocycles. The van der Waals surface area contributed by atoms with E-state index in [1.807, 2.05) is 0 Å². The Morgan fingerprint density at radius 1 is 1.69 bits per heavy atom. The van der Waals surface area contributed by atoms with Gasteiger partial charge in [-0.05, 0) is 22.4 Å². The lowest BCUT2D eigenvalue weighted by atomic mass is 10.1. The van der Waals surface area contributed by atoms with Gasteiger partial charge in [-0.3, -0.25) is 4.79 Å². The number of piperazine rings is 1. The average Bonchev–Trinajstić information content (AvgIpc) is 2.33. The van der Waals surface area contributed by atoms with Crippen molar-refractivity contribution in [3.05, 3.63) is 21.0 Å². The van der Waals surface area contributed by atoms with Gasteiger partial charge < -0.3 is 10.2 Å². The van der Waals surface area contributed by atoms with Crippen LogP contribution in [0, 0.1) is 0 Å². The zero-order valence-electron chi connectivity index (χ0n) is 9.16. The Balaban J connectivity index is 2.34. The number of aromatic nitrogens is 2. The highest BCUT2D eigenvalue weighted by atomic mass is 79.9. The van der Waals surface area contributed by atoms with E-state index in [0.717, 1.165) is 31.7 Å². The van der Waals surface area contributed by atoms with Crippen molar-refractivity contribution in [1.82, 2.24) is 15.5 Å². The van der Waals surface area contributed by atoms with Crippen molar-refractivity contribution in [3.8, 4) is 0 Å². The topological polar surface area (TPSA) is 61.0 Å². The van der Waals surface area contributed by atoms with E-state index in [4.69, 9.17) is 0 Å². The number of rotatable bonds is 2. The molecule has 16 heavy (non-hydrogen) atoms. The minimum Gasteiger partial charge on any atom is -0.364 e. The molecular formula is C10H15BrN4O. The lowest BCUT2D eigenvalue weighted by molar-refractivity contribution is 0.465. The summed E-state index contributed by atoms with van der Waals surface area (Å²) in [7, 11) is 0. The van der Waals surface area contributed by atoms with Gasteiger partial charge in [0, 0.05) is 25.7 Å². The Morgan fingerprint density at radius 2 is 2.50 bits per heavy atom. The van der Waals surface area contributed by atoms with Crippen molar-refractivity contribution in [2.24, 2.45) is 0 Å². The maximum Gasteiger partial charge on any atom is 0.280 e. The molecule has 0 spiro atoms. The second kappa shape index (κ2) is 4.97. The first-order valence-corrected chi connectivity index (χ1v) is 6.24. The van der Waals surface area contributed by atoms with E-state index in [2.05, 4.69) is 43.3 Å². The smallest absolute Gasteiger partial charge is 0.280 e. The molecule has 1 fully saturated rings. The summed E-state index contributed by atoms with van der Waals surface area (Å²) >= 11 is 3.33. The van der Waals surface area contributed by atoms with Gasteiger partial charge in [0.05, 0.1) is 11.9 Å². The largest absolute Gasteiger partial charge is 0.364 e. The lowest BCUT2D eigenvalue weighted by Crippen LogP contribution is -2.51. The molecule has 1 aliphatic heterocycles. The highest BCUT2D eigenvalue weighted by Crippen LogP contribution is 2.24. The van der Waals surface area contributed by atoms with Crippen LogP contribution in [0.3, 0.4) is 0 Å². The summed E-state index contributed by atoms with van der Waals surface area (Å²) in [5, 5.41) is 9.63. The highest BCUT2D eigenvalue weighted by Gasteiger charge is 2.23. The lowest BCUT2D eigenvalue weighted by Gasteiger charge is -2.37. The predicted octanol–water partition coefficient (Wildman–Crippen LogP) is 0.721. The molecule has 0 amide bonds. The van der Waals surface area contributed by atoms with E-state index < -0.39 is 0 Å². The van der Waals surface area contributed by atoms with Crippen LogP contribution in [-0.4, -0.2) is 35.9 Å². The second-order valence-corrected chi connectivity index (χ2v) is 4.65. The molecule has 0 unspecified atom stereocenters. The summed E-state index contributed by atoms with van der Waals surface area (Å²) in [6.45, 7) is 4.95. The van der Waals surface area contributed by atoms with Crippen LogP contribution in [0.5, 0.6) is 0 Å². The Hall–Kier alpha value is -0.880. The molecule has 88 valence electrons. The Morgan fingerprint density at radius 3 is 3.25 bits per heavy atom. The van der Waals surface area contributed by atoms with Gasteiger partial charge in [0.1, 0.15) is 4.47 Å². The van der Waals surface area contributed by atoms with Gasteiger partial charge in [0.25, 0.3) is 5.56 Å². The third kappa shape index (κ3) is 2.12. The standard InChI is InChI=1S/C10H15BrN4O/c1-2-7-5-12-3-4-15(7)8-6-13-14-10(16)9(8)11/h6-7,12H,2-5H2,1H3,(H,14,16)/t7-/m1/s1. The van der Waals surface area contributed by atoms with E-state index >= 15 is 0 Å². The minimum atomic E-state index is -0.175. The summed E-state index contributed by atoms with van der Waals surface area (Å²) in [4.78, 5) is 13.7. The van der Waals surface area contributed by atoms with E-state index in [9.17, 15) is 4.79 Å². The van der Waals surface area contributed by atoms with Crippen molar-refractivity contribution in [2.75, 3.05) is 24.5 Å².